The lowest BCUT2D eigenvalue weighted by Crippen LogP contribution is -2.49. The molecule has 2 fully saturated rings. The molecule has 0 spiro atoms. The van der Waals surface area contributed by atoms with Crippen LogP contribution in [0.5, 0.6) is 0 Å². The molecule has 2 aliphatic heterocycles. The Labute approximate surface area is 160 Å². The van der Waals surface area contributed by atoms with Gasteiger partial charge in [-0.15, -0.1) is 0 Å². The lowest BCUT2D eigenvalue weighted by atomic mass is 10.0. The van der Waals surface area contributed by atoms with Crippen LogP contribution in [0.1, 0.15) is 23.3 Å². The first kappa shape index (κ1) is 17.9. The first-order chi connectivity index (χ1) is 13.3. The summed E-state index contributed by atoms with van der Waals surface area (Å²) in [5.41, 5.74) is 1.23. The van der Waals surface area contributed by atoms with Crippen LogP contribution < -0.4 is 10.2 Å². The highest BCUT2D eigenvalue weighted by Crippen LogP contribution is 2.22. The Balaban J connectivity index is 1.37. The van der Waals surface area contributed by atoms with Gasteiger partial charge < -0.3 is 15.0 Å². The molecule has 0 atom stereocenters. The van der Waals surface area contributed by atoms with Crippen molar-refractivity contribution in [2.45, 2.75) is 18.9 Å². The summed E-state index contributed by atoms with van der Waals surface area (Å²) in [6.45, 7) is 5.72. The molecule has 1 amide bonds. The summed E-state index contributed by atoms with van der Waals surface area (Å²) in [6, 6.07) is 15.8. The number of aromatic nitrogens is 1. The molecule has 142 valence electrons. The minimum absolute atomic E-state index is 0.175. The van der Waals surface area contributed by atoms with E-state index in [0.717, 1.165) is 63.7 Å². The fourth-order valence-corrected chi connectivity index (χ4v) is 3.85. The highest BCUT2D eigenvalue weighted by molar-refractivity contribution is 6.03. The Morgan fingerprint density at radius 1 is 0.963 bits per heavy atom. The van der Waals surface area contributed by atoms with Gasteiger partial charge in [-0.2, -0.15) is 0 Å². The zero-order chi connectivity index (χ0) is 18.5. The fraction of sp³-hybridized carbons (Fsp3) is 0.429. The Kier molecular flexibility index (Phi) is 5.65. The smallest absolute Gasteiger partial charge is 0.274 e. The van der Waals surface area contributed by atoms with Crippen LogP contribution in [0.15, 0.2) is 48.5 Å². The van der Waals surface area contributed by atoms with Crippen molar-refractivity contribution in [3.05, 3.63) is 54.2 Å². The van der Waals surface area contributed by atoms with E-state index in [1.54, 1.807) is 6.07 Å². The second kappa shape index (κ2) is 8.50. The summed E-state index contributed by atoms with van der Waals surface area (Å²) in [4.78, 5) is 21.9. The van der Waals surface area contributed by atoms with Crippen molar-refractivity contribution in [3.63, 3.8) is 0 Å². The maximum absolute atomic E-state index is 12.5. The summed E-state index contributed by atoms with van der Waals surface area (Å²) in [5, 5.41) is 2.90. The first-order valence-corrected chi connectivity index (χ1v) is 9.70. The topological polar surface area (TPSA) is 57.7 Å². The predicted molar refractivity (Wildman–Crippen MR) is 106 cm³/mol. The highest BCUT2D eigenvalue weighted by atomic mass is 16.5. The predicted octanol–water partition coefficient (Wildman–Crippen LogP) is 2.63. The van der Waals surface area contributed by atoms with Crippen molar-refractivity contribution < 1.29 is 9.53 Å². The minimum Gasteiger partial charge on any atom is -0.379 e. The number of piperidine rings is 1. The Bertz CT molecular complexity index is 754. The number of benzene rings is 1. The molecular formula is C21H26N4O2. The van der Waals surface area contributed by atoms with Crippen LogP contribution in [0.2, 0.25) is 0 Å². The number of carbonyl (C=O) groups is 1. The third-order valence-electron chi connectivity index (χ3n) is 5.35. The van der Waals surface area contributed by atoms with Crippen molar-refractivity contribution in [1.82, 2.24) is 9.88 Å². The molecule has 4 rings (SSSR count). The molecule has 6 heteroatoms. The molecule has 0 saturated carbocycles. The fourth-order valence-electron chi connectivity index (χ4n) is 3.85. The Hall–Kier alpha value is -2.44. The normalized spacial score (nSPS) is 19.0. The van der Waals surface area contributed by atoms with E-state index in [9.17, 15) is 4.79 Å². The standard InChI is InChI=1S/C21H26N4O2/c26-21(22-17-5-2-1-3-6-17)19-7-4-8-20(23-19)25-11-9-18(10-12-25)24-13-15-27-16-14-24/h1-8,18H,9-16H2,(H,22,26). The van der Waals surface area contributed by atoms with Crippen LogP contribution in [0.25, 0.3) is 0 Å². The van der Waals surface area contributed by atoms with E-state index >= 15 is 0 Å². The number of nitrogens with zero attached hydrogens (tertiary/aromatic N) is 3. The summed E-state index contributed by atoms with van der Waals surface area (Å²) < 4.78 is 5.46. The van der Waals surface area contributed by atoms with Crippen LogP contribution >= 0.6 is 0 Å². The van der Waals surface area contributed by atoms with Gasteiger partial charge in [-0.3, -0.25) is 9.69 Å². The number of rotatable bonds is 4. The first-order valence-electron chi connectivity index (χ1n) is 9.70. The van der Waals surface area contributed by atoms with Gasteiger partial charge in [-0.05, 0) is 37.1 Å². The van der Waals surface area contributed by atoms with Gasteiger partial charge in [0, 0.05) is 37.9 Å². The molecule has 2 aromatic rings. The van der Waals surface area contributed by atoms with Gasteiger partial charge >= 0.3 is 0 Å². The summed E-state index contributed by atoms with van der Waals surface area (Å²) >= 11 is 0. The summed E-state index contributed by atoms with van der Waals surface area (Å²) in [6.07, 6.45) is 2.25. The monoisotopic (exact) mass is 366 g/mol. The molecule has 6 nitrogen and oxygen atoms in total. The van der Waals surface area contributed by atoms with Crippen LogP contribution in [0.4, 0.5) is 11.5 Å². The second-order valence-electron chi connectivity index (χ2n) is 7.07. The molecule has 2 aliphatic rings. The van der Waals surface area contributed by atoms with Crippen molar-refractivity contribution in [1.29, 1.82) is 0 Å². The number of anilines is 2. The highest BCUT2D eigenvalue weighted by Gasteiger charge is 2.26. The van der Waals surface area contributed by atoms with Crippen LogP contribution in [0, 0.1) is 0 Å². The SMILES string of the molecule is O=C(Nc1ccccc1)c1cccc(N2CCC(N3CCOCC3)CC2)n1. The molecule has 0 unspecified atom stereocenters. The molecule has 0 radical (unpaired) electrons. The molecule has 1 aromatic heterocycles. The average Bonchev–Trinajstić information content (AvgIpc) is 2.75. The lowest BCUT2D eigenvalue weighted by molar-refractivity contribution is 0.0115. The lowest BCUT2D eigenvalue weighted by Gasteiger charge is -2.40. The number of nitrogens with one attached hydrogen (secondary N) is 1. The van der Waals surface area contributed by atoms with Gasteiger partial charge in [0.1, 0.15) is 11.5 Å². The number of morpholine rings is 1. The summed E-state index contributed by atoms with van der Waals surface area (Å²) in [7, 11) is 0. The molecule has 1 N–H and O–H groups in total. The van der Waals surface area contributed by atoms with E-state index in [2.05, 4.69) is 20.1 Å². The van der Waals surface area contributed by atoms with E-state index in [-0.39, 0.29) is 5.91 Å². The maximum atomic E-state index is 12.5. The number of ether oxygens (including phenoxy) is 1. The Morgan fingerprint density at radius 3 is 2.44 bits per heavy atom. The minimum atomic E-state index is -0.175. The van der Waals surface area contributed by atoms with Gasteiger partial charge in [0.05, 0.1) is 13.2 Å². The van der Waals surface area contributed by atoms with Crippen LogP contribution in [-0.2, 0) is 4.74 Å². The maximum Gasteiger partial charge on any atom is 0.274 e. The van der Waals surface area contributed by atoms with Crippen LogP contribution in [-0.4, -0.2) is 61.2 Å². The largest absolute Gasteiger partial charge is 0.379 e. The number of pyridine rings is 1. The number of carbonyl (C=O) groups excluding carboxylic acids is 1. The zero-order valence-electron chi connectivity index (χ0n) is 15.5. The van der Waals surface area contributed by atoms with Gasteiger partial charge in [0.15, 0.2) is 0 Å². The van der Waals surface area contributed by atoms with Crippen molar-refractivity contribution in [3.8, 4) is 0 Å². The quantitative estimate of drug-likeness (QED) is 0.901. The molecule has 27 heavy (non-hydrogen) atoms. The van der Waals surface area contributed by atoms with Crippen molar-refractivity contribution in [2.24, 2.45) is 0 Å². The van der Waals surface area contributed by atoms with E-state index in [1.165, 1.54) is 0 Å². The number of amides is 1. The van der Waals surface area contributed by atoms with Gasteiger partial charge in [0.2, 0.25) is 0 Å². The molecule has 2 saturated heterocycles. The second-order valence-corrected chi connectivity index (χ2v) is 7.07. The molecule has 1 aromatic carbocycles. The molecular weight excluding hydrogens is 340 g/mol. The van der Waals surface area contributed by atoms with Crippen molar-refractivity contribution in [2.75, 3.05) is 49.6 Å². The average molecular weight is 366 g/mol. The van der Waals surface area contributed by atoms with Gasteiger partial charge in [-0.25, -0.2) is 4.98 Å². The number of hydrogen-bond acceptors (Lipinski definition) is 5. The third kappa shape index (κ3) is 4.46. The van der Waals surface area contributed by atoms with Gasteiger partial charge in [-0.1, -0.05) is 24.3 Å². The number of para-hydroxylation sites is 1. The van der Waals surface area contributed by atoms with E-state index in [1.807, 2.05) is 42.5 Å². The Morgan fingerprint density at radius 2 is 1.70 bits per heavy atom. The van der Waals surface area contributed by atoms with Crippen molar-refractivity contribution >= 4 is 17.4 Å². The van der Waals surface area contributed by atoms with Gasteiger partial charge in [0.25, 0.3) is 5.91 Å². The summed E-state index contributed by atoms with van der Waals surface area (Å²) in [5.74, 6) is 0.711. The van der Waals surface area contributed by atoms with E-state index in [0.29, 0.717) is 11.7 Å². The van der Waals surface area contributed by atoms with E-state index in [4.69, 9.17) is 4.74 Å². The van der Waals surface area contributed by atoms with Crippen LogP contribution in [0.3, 0.4) is 0 Å². The molecule has 3 heterocycles. The molecule has 0 bridgehead atoms. The van der Waals surface area contributed by atoms with E-state index < -0.39 is 0 Å². The third-order valence-corrected chi connectivity index (χ3v) is 5.35. The number of hydrogen-bond donors (Lipinski definition) is 1. The molecule has 0 aliphatic carbocycles. The zero-order valence-corrected chi connectivity index (χ0v) is 15.5.